The minimum absolute atomic E-state index is 0.580. The Kier molecular flexibility index (Phi) is 2.19. The third-order valence-corrected chi connectivity index (χ3v) is 1.63. The lowest BCUT2D eigenvalue weighted by Crippen LogP contribution is -2.20. The number of nitrogen functional groups attached to an aromatic ring is 1. The number of urea groups is 1. The molecule has 12 heavy (non-hydrogen) atoms. The molecule has 0 saturated carbocycles. The molecule has 4 nitrogen and oxygen atoms in total. The van der Waals surface area contributed by atoms with Crippen LogP contribution in [0.25, 0.3) is 0 Å². The van der Waals surface area contributed by atoms with Crippen LogP contribution >= 0.6 is 0 Å². The number of nitrogens with two attached hydrogens (primary N) is 2. The van der Waals surface area contributed by atoms with Crippen LogP contribution in [0.2, 0.25) is 0 Å². The Balaban J connectivity index is 3.00. The number of anilines is 2. The first kappa shape index (κ1) is 8.39. The average molecular weight is 165 g/mol. The van der Waals surface area contributed by atoms with Gasteiger partial charge in [-0.05, 0) is 24.6 Å². The minimum atomic E-state index is -0.580. The summed E-state index contributed by atoms with van der Waals surface area (Å²) in [5.74, 6) is 0. The standard InChI is InChI=1S/C8H11N3O/c1-5-6(9)3-2-4-7(5)11-8(10)12/h2-4H,9H2,1H3,(H3,10,11,12). The second-order valence-corrected chi connectivity index (χ2v) is 2.51. The van der Waals surface area contributed by atoms with Crippen molar-refractivity contribution in [1.82, 2.24) is 0 Å². The molecule has 0 aliphatic rings. The normalized spacial score (nSPS) is 9.42. The van der Waals surface area contributed by atoms with Crippen LogP contribution in [-0.4, -0.2) is 6.03 Å². The summed E-state index contributed by atoms with van der Waals surface area (Å²) in [6, 6.07) is 4.69. The first-order chi connectivity index (χ1) is 5.61. The van der Waals surface area contributed by atoms with Gasteiger partial charge in [-0.2, -0.15) is 0 Å². The van der Waals surface area contributed by atoms with Crippen molar-refractivity contribution in [2.24, 2.45) is 5.73 Å². The molecule has 0 unspecified atom stereocenters. The number of hydrogen-bond donors (Lipinski definition) is 3. The molecule has 4 heteroatoms. The summed E-state index contributed by atoms with van der Waals surface area (Å²) >= 11 is 0. The van der Waals surface area contributed by atoms with Crippen LogP contribution in [0.4, 0.5) is 16.2 Å². The van der Waals surface area contributed by atoms with Gasteiger partial charge in [0.1, 0.15) is 0 Å². The third-order valence-electron chi connectivity index (χ3n) is 1.63. The monoisotopic (exact) mass is 165 g/mol. The molecule has 2 amide bonds. The van der Waals surface area contributed by atoms with E-state index in [1.165, 1.54) is 0 Å². The van der Waals surface area contributed by atoms with E-state index < -0.39 is 6.03 Å². The van der Waals surface area contributed by atoms with Gasteiger partial charge in [0.15, 0.2) is 0 Å². The highest BCUT2D eigenvalue weighted by Gasteiger charge is 2.01. The second-order valence-electron chi connectivity index (χ2n) is 2.51. The number of rotatable bonds is 1. The lowest BCUT2D eigenvalue weighted by atomic mass is 10.1. The predicted octanol–water partition coefficient (Wildman–Crippen LogP) is 1.07. The van der Waals surface area contributed by atoms with Crippen LogP contribution in [0.1, 0.15) is 5.56 Å². The van der Waals surface area contributed by atoms with Crippen LogP contribution in [0, 0.1) is 6.92 Å². The van der Waals surface area contributed by atoms with Crippen molar-refractivity contribution < 1.29 is 4.79 Å². The summed E-state index contributed by atoms with van der Waals surface area (Å²) in [5.41, 5.74) is 12.7. The summed E-state index contributed by atoms with van der Waals surface area (Å²) in [4.78, 5) is 10.5. The van der Waals surface area contributed by atoms with E-state index in [0.717, 1.165) is 5.56 Å². The van der Waals surface area contributed by atoms with Crippen LogP contribution in [-0.2, 0) is 0 Å². The van der Waals surface area contributed by atoms with E-state index in [4.69, 9.17) is 11.5 Å². The number of nitrogens with one attached hydrogen (secondary N) is 1. The minimum Gasteiger partial charge on any atom is -0.398 e. The fraction of sp³-hybridized carbons (Fsp3) is 0.125. The molecule has 0 fully saturated rings. The van der Waals surface area contributed by atoms with Gasteiger partial charge >= 0.3 is 6.03 Å². The molecule has 0 aromatic heterocycles. The molecule has 1 rings (SSSR count). The molecule has 0 spiro atoms. The Morgan fingerprint density at radius 2 is 2.17 bits per heavy atom. The van der Waals surface area contributed by atoms with Crippen LogP contribution < -0.4 is 16.8 Å². The molecule has 0 bridgehead atoms. The summed E-state index contributed by atoms with van der Waals surface area (Å²) in [6.45, 7) is 1.82. The number of amides is 2. The van der Waals surface area contributed by atoms with E-state index in [1.54, 1.807) is 18.2 Å². The molecule has 0 aliphatic carbocycles. The Bertz CT molecular complexity index is 309. The maximum Gasteiger partial charge on any atom is 0.316 e. The lowest BCUT2D eigenvalue weighted by Gasteiger charge is -2.07. The van der Waals surface area contributed by atoms with E-state index >= 15 is 0 Å². The maximum atomic E-state index is 10.5. The van der Waals surface area contributed by atoms with E-state index in [9.17, 15) is 4.79 Å². The molecule has 0 heterocycles. The number of carbonyl (C=O) groups excluding carboxylic acids is 1. The molecule has 0 saturated heterocycles. The van der Waals surface area contributed by atoms with Gasteiger partial charge in [0.05, 0.1) is 0 Å². The Hall–Kier alpha value is -1.71. The fourth-order valence-corrected chi connectivity index (χ4v) is 0.922. The SMILES string of the molecule is Cc1c(N)cccc1NC(N)=O. The van der Waals surface area contributed by atoms with E-state index in [0.29, 0.717) is 11.4 Å². The van der Waals surface area contributed by atoms with E-state index in [1.807, 2.05) is 6.92 Å². The second kappa shape index (κ2) is 3.13. The van der Waals surface area contributed by atoms with Gasteiger partial charge in [0.25, 0.3) is 0 Å². The number of carbonyl (C=O) groups is 1. The zero-order valence-electron chi connectivity index (χ0n) is 6.79. The molecule has 5 N–H and O–H groups in total. The van der Waals surface area contributed by atoms with Gasteiger partial charge in [0.2, 0.25) is 0 Å². The van der Waals surface area contributed by atoms with Crippen molar-refractivity contribution in [3.8, 4) is 0 Å². The summed E-state index contributed by atoms with van der Waals surface area (Å²) < 4.78 is 0. The van der Waals surface area contributed by atoms with Gasteiger partial charge in [-0.3, -0.25) is 0 Å². The molecular weight excluding hydrogens is 154 g/mol. The van der Waals surface area contributed by atoms with E-state index in [-0.39, 0.29) is 0 Å². The average Bonchev–Trinajstić information content (AvgIpc) is 1.98. The van der Waals surface area contributed by atoms with Crippen molar-refractivity contribution in [2.75, 3.05) is 11.1 Å². The lowest BCUT2D eigenvalue weighted by molar-refractivity contribution is 0.259. The Labute approximate surface area is 70.6 Å². The molecule has 0 aliphatic heterocycles. The Morgan fingerprint density at radius 3 is 2.75 bits per heavy atom. The maximum absolute atomic E-state index is 10.5. The summed E-state index contributed by atoms with van der Waals surface area (Å²) in [7, 11) is 0. The van der Waals surface area contributed by atoms with E-state index in [2.05, 4.69) is 5.32 Å². The highest BCUT2D eigenvalue weighted by molar-refractivity contribution is 5.89. The van der Waals surface area contributed by atoms with Crippen molar-refractivity contribution >= 4 is 17.4 Å². The van der Waals surface area contributed by atoms with Crippen LogP contribution in [0.5, 0.6) is 0 Å². The number of primary amides is 1. The van der Waals surface area contributed by atoms with Crippen molar-refractivity contribution in [3.05, 3.63) is 23.8 Å². The molecule has 64 valence electrons. The molecule has 1 aromatic carbocycles. The van der Waals surface area contributed by atoms with Crippen molar-refractivity contribution in [1.29, 1.82) is 0 Å². The number of benzene rings is 1. The number of hydrogen-bond acceptors (Lipinski definition) is 2. The van der Waals surface area contributed by atoms with Crippen molar-refractivity contribution in [2.45, 2.75) is 6.92 Å². The summed E-state index contributed by atoms with van der Waals surface area (Å²) in [5, 5.41) is 2.47. The molecular formula is C8H11N3O. The van der Waals surface area contributed by atoms with Crippen molar-refractivity contribution in [3.63, 3.8) is 0 Å². The smallest absolute Gasteiger partial charge is 0.316 e. The van der Waals surface area contributed by atoms with Gasteiger partial charge in [0, 0.05) is 11.4 Å². The highest BCUT2D eigenvalue weighted by atomic mass is 16.2. The summed E-state index contributed by atoms with van der Waals surface area (Å²) in [6.07, 6.45) is 0. The zero-order valence-corrected chi connectivity index (χ0v) is 6.79. The van der Waals surface area contributed by atoms with Crippen LogP contribution in [0.3, 0.4) is 0 Å². The van der Waals surface area contributed by atoms with Gasteiger partial charge < -0.3 is 16.8 Å². The third kappa shape index (κ3) is 1.66. The molecule has 0 radical (unpaired) electrons. The molecule has 1 aromatic rings. The molecule has 0 atom stereocenters. The van der Waals surface area contributed by atoms with Crippen LogP contribution in [0.15, 0.2) is 18.2 Å². The van der Waals surface area contributed by atoms with Gasteiger partial charge in [-0.1, -0.05) is 6.07 Å². The van der Waals surface area contributed by atoms with Gasteiger partial charge in [-0.25, -0.2) is 4.79 Å². The Morgan fingerprint density at radius 1 is 1.50 bits per heavy atom. The quantitative estimate of drug-likeness (QED) is 0.544. The first-order valence-electron chi connectivity index (χ1n) is 3.53. The topological polar surface area (TPSA) is 81.1 Å². The predicted molar refractivity (Wildman–Crippen MR) is 48.8 cm³/mol. The fourth-order valence-electron chi connectivity index (χ4n) is 0.922. The zero-order chi connectivity index (χ0) is 9.14. The van der Waals surface area contributed by atoms with Gasteiger partial charge in [-0.15, -0.1) is 0 Å². The highest BCUT2D eigenvalue weighted by Crippen LogP contribution is 2.19. The largest absolute Gasteiger partial charge is 0.398 e. The first-order valence-corrected chi connectivity index (χ1v) is 3.53.